The summed E-state index contributed by atoms with van der Waals surface area (Å²) in [5.41, 5.74) is 17.4. The van der Waals surface area contributed by atoms with Crippen LogP contribution in [0.3, 0.4) is 0 Å². The molecule has 4 nitrogen and oxygen atoms in total. The molecule has 4 heterocycles. The SMILES string of the molecule is CC(C)n1c2ccccc2c2cc3c(cc21)N(c1ccc2cc(N4c5ccccc5C(C)(C)c5cc6c7ccccc7n(C(C)C)c6cc54)ccc2c1)c1ccccc1C3(C)C. The first-order chi connectivity index (χ1) is 29.9. The van der Waals surface area contributed by atoms with Gasteiger partial charge >= 0.3 is 0 Å². The standard InChI is InChI=1S/C58H52N4/c1-35(2)59-49-21-13-9-17-41(49)43-31-47-55(33-53(43)59)61(51-23-15-11-19-45(51)57(47,5)6)39-27-25-38-30-40(28-26-37(38)29-39)62-52-24-16-12-20-46(52)58(7,8)48-32-44-42-18-10-14-22-50(42)60(36(3)4)54(44)34-56(48)62/h9-36H,1-8H3. The van der Waals surface area contributed by atoms with Crippen LogP contribution in [0.5, 0.6) is 0 Å². The lowest BCUT2D eigenvalue weighted by Gasteiger charge is -2.42. The number of benzene rings is 8. The lowest BCUT2D eigenvalue weighted by molar-refractivity contribution is 0.630. The van der Waals surface area contributed by atoms with Crippen LogP contribution in [0.15, 0.2) is 158 Å². The fourth-order valence-electron chi connectivity index (χ4n) is 11.5. The molecule has 304 valence electrons. The fourth-order valence-corrected chi connectivity index (χ4v) is 11.5. The molecule has 0 atom stereocenters. The summed E-state index contributed by atoms with van der Waals surface area (Å²) < 4.78 is 5.04. The minimum Gasteiger partial charge on any atom is -0.338 e. The van der Waals surface area contributed by atoms with Gasteiger partial charge in [-0.15, -0.1) is 0 Å². The van der Waals surface area contributed by atoms with Crippen LogP contribution in [0.2, 0.25) is 0 Å². The van der Waals surface area contributed by atoms with Gasteiger partial charge in [-0.05, 0) is 134 Å². The molecule has 0 saturated heterocycles. The number of anilines is 6. The number of fused-ring (bicyclic) bond motifs is 11. The normalized spacial score (nSPS) is 15.3. The van der Waals surface area contributed by atoms with Crippen molar-refractivity contribution in [3.8, 4) is 0 Å². The molecule has 2 aliphatic heterocycles. The summed E-state index contributed by atoms with van der Waals surface area (Å²) in [5.74, 6) is 0. The lowest BCUT2D eigenvalue weighted by Crippen LogP contribution is -2.30. The lowest BCUT2D eigenvalue weighted by atomic mass is 9.73. The van der Waals surface area contributed by atoms with Crippen molar-refractivity contribution in [3.63, 3.8) is 0 Å². The van der Waals surface area contributed by atoms with Crippen LogP contribution in [0.4, 0.5) is 34.1 Å². The van der Waals surface area contributed by atoms with Crippen LogP contribution in [-0.2, 0) is 10.8 Å². The molecule has 0 aliphatic carbocycles. The predicted molar refractivity (Wildman–Crippen MR) is 264 cm³/mol. The molecule has 0 N–H and O–H groups in total. The molecular weight excluding hydrogens is 753 g/mol. The second-order valence-corrected chi connectivity index (χ2v) is 19.4. The van der Waals surface area contributed by atoms with Gasteiger partial charge in [0.15, 0.2) is 0 Å². The summed E-state index contributed by atoms with van der Waals surface area (Å²) in [7, 11) is 0. The van der Waals surface area contributed by atoms with E-state index in [0.29, 0.717) is 12.1 Å². The summed E-state index contributed by atoms with van der Waals surface area (Å²) in [6, 6.07) is 60.5. The first-order valence-electron chi connectivity index (χ1n) is 22.4. The van der Waals surface area contributed by atoms with Gasteiger partial charge in [-0.3, -0.25) is 0 Å². The Morgan fingerprint density at radius 3 is 1.15 bits per heavy atom. The smallest absolute Gasteiger partial charge is 0.0523 e. The average molecular weight is 805 g/mol. The molecule has 0 radical (unpaired) electrons. The molecule has 0 unspecified atom stereocenters. The maximum absolute atomic E-state index is 2.52. The molecule has 12 rings (SSSR count). The van der Waals surface area contributed by atoms with Gasteiger partial charge in [-0.2, -0.15) is 0 Å². The van der Waals surface area contributed by atoms with Gasteiger partial charge < -0.3 is 18.9 Å². The summed E-state index contributed by atoms with van der Waals surface area (Å²) in [5, 5.41) is 7.71. The van der Waals surface area contributed by atoms with Crippen molar-refractivity contribution in [2.24, 2.45) is 0 Å². The van der Waals surface area contributed by atoms with E-state index in [9.17, 15) is 0 Å². The Bertz CT molecular complexity index is 3270. The number of para-hydroxylation sites is 4. The van der Waals surface area contributed by atoms with E-state index < -0.39 is 0 Å². The Morgan fingerprint density at radius 2 is 0.726 bits per heavy atom. The van der Waals surface area contributed by atoms with Gasteiger partial charge in [0.25, 0.3) is 0 Å². The number of aromatic nitrogens is 2. The van der Waals surface area contributed by atoms with E-state index >= 15 is 0 Å². The number of hydrogen-bond donors (Lipinski definition) is 0. The van der Waals surface area contributed by atoms with Gasteiger partial charge in [-0.1, -0.05) is 113 Å². The van der Waals surface area contributed by atoms with Gasteiger partial charge in [0.2, 0.25) is 0 Å². The third-order valence-corrected chi connectivity index (χ3v) is 14.5. The second kappa shape index (κ2) is 12.9. The molecule has 62 heavy (non-hydrogen) atoms. The highest BCUT2D eigenvalue weighted by Crippen LogP contribution is 2.56. The zero-order valence-electron chi connectivity index (χ0n) is 37.0. The second-order valence-electron chi connectivity index (χ2n) is 19.4. The van der Waals surface area contributed by atoms with Crippen LogP contribution < -0.4 is 9.80 Å². The molecule has 4 heteroatoms. The summed E-state index contributed by atoms with van der Waals surface area (Å²) in [4.78, 5) is 5.03. The van der Waals surface area contributed by atoms with Crippen LogP contribution in [0.1, 0.15) is 89.7 Å². The third kappa shape index (κ3) is 4.95. The monoisotopic (exact) mass is 804 g/mol. The van der Waals surface area contributed by atoms with Crippen LogP contribution in [-0.4, -0.2) is 9.13 Å². The highest BCUT2D eigenvalue weighted by Gasteiger charge is 2.39. The van der Waals surface area contributed by atoms with Crippen LogP contribution in [0.25, 0.3) is 54.4 Å². The Labute approximate surface area is 364 Å². The summed E-state index contributed by atoms with van der Waals surface area (Å²) in [6.07, 6.45) is 0. The minimum absolute atomic E-state index is 0.186. The quantitative estimate of drug-likeness (QED) is 0.176. The highest BCUT2D eigenvalue weighted by atomic mass is 15.2. The number of rotatable bonds is 4. The van der Waals surface area contributed by atoms with Crippen LogP contribution in [0, 0.1) is 0 Å². The van der Waals surface area contributed by atoms with E-state index in [4.69, 9.17) is 0 Å². The van der Waals surface area contributed by atoms with Crippen molar-refractivity contribution in [3.05, 3.63) is 180 Å². The van der Waals surface area contributed by atoms with E-state index in [1.54, 1.807) is 0 Å². The molecule has 0 amide bonds. The van der Waals surface area contributed by atoms with Crippen molar-refractivity contribution in [2.45, 2.75) is 78.3 Å². The molecule has 0 spiro atoms. The third-order valence-electron chi connectivity index (χ3n) is 14.5. The Balaban J connectivity index is 1.04. The van der Waals surface area contributed by atoms with Crippen molar-refractivity contribution < 1.29 is 0 Å². The first-order valence-corrected chi connectivity index (χ1v) is 22.4. The Morgan fingerprint density at radius 1 is 0.339 bits per heavy atom. The molecule has 0 bridgehead atoms. The van der Waals surface area contributed by atoms with Crippen molar-refractivity contribution in [1.29, 1.82) is 0 Å². The molecule has 2 aliphatic rings. The maximum Gasteiger partial charge on any atom is 0.0523 e. The van der Waals surface area contributed by atoms with E-state index in [1.165, 1.54) is 111 Å². The van der Waals surface area contributed by atoms with Crippen LogP contribution >= 0.6 is 0 Å². The highest BCUT2D eigenvalue weighted by molar-refractivity contribution is 6.12. The van der Waals surface area contributed by atoms with Gasteiger partial charge in [-0.25, -0.2) is 0 Å². The molecule has 10 aromatic rings. The van der Waals surface area contributed by atoms with Gasteiger partial charge in [0, 0.05) is 66.9 Å². The molecular formula is C58H52N4. The Hall–Kier alpha value is -6.78. The topological polar surface area (TPSA) is 16.3 Å². The fraction of sp³-hybridized carbons (Fsp3) is 0.207. The molecule has 0 saturated carbocycles. The van der Waals surface area contributed by atoms with E-state index in [2.05, 4.69) is 232 Å². The van der Waals surface area contributed by atoms with Gasteiger partial charge in [0.05, 0.1) is 33.8 Å². The van der Waals surface area contributed by atoms with Gasteiger partial charge in [0.1, 0.15) is 0 Å². The van der Waals surface area contributed by atoms with Crippen molar-refractivity contribution in [1.82, 2.24) is 9.13 Å². The van der Waals surface area contributed by atoms with E-state index in [-0.39, 0.29) is 10.8 Å². The summed E-state index contributed by atoms with van der Waals surface area (Å²) >= 11 is 0. The molecule has 8 aromatic carbocycles. The largest absolute Gasteiger partial charge is 0.338 e. The van der Waals surface area contributed by atoms with Crippen molar-refractivity contribution >= 4 is 88.5 Å². The average Bonchev–Trinajstić information content (AvgIpc) is 3.78. The zero-order chi connectivity index (χ0) is 42.4. The number of nitrogens with zero attached hydrogens (tertiary/aromatic N) is 4. The van der Waals surface area contributed by atoms with Crippen molar-refractivity contribution in [2.75, 3.05) is 9.80 Å². The first kappa shape index (κ1) is 37.0. The zero-order valence-corrected chi connectivity index (χ0v) is 37.0. The maximum atomic E-state index is 2.52. The van der Waals surface area contributed by atoms with E-state index in [1.807, 2.05) is 0 Å². The number of hydrogen-bond acceptors (Lipinski definition) is 2. The van der Waals surface area contributed by atoms with E-state index in [0.717, 1.165) is 0 Å². The summed E-state index contributed by atoms with van der Waals surface area (Å²) in [6.45, 7) is 18.8. The molecule has 0 fully saturated rings. The minimum atomic E-state index is -0.186. The molecule has 2 aromatic heterocycles. The predicted octanol–water partition coefficient (Wildman–Crippen LogP) is 16.4. The Kier molecular flexibility index (Phi) is 7.69.